The van der Waals surface area contributed by atoms with Crippen LogP contribution in [0.2, 0.25) is 0 Å². The molecule has 1 rings (SSSR count). The monoisotopic (exact) mass is 217 g/mol. The zero-order valence-electron chi connectivity index (χ0n) is 7.43. The molecule has 0 unspecified atom stereocenters. The molecule has 0 aliphatic rings. The number of nitrogens with one attached hydrogen (secondary N) is 1. The minimum absolute atomic E-state index is 0.157. The van der Waals surface area contributed by atoms with Crippen molar-refractivity contribution >= 4 is 17.3 Å². The minimum atomic E-state index is -0.467. The average molecular weight is 218 g/mol. The average Bonchev–Trinajstić information content (AvgIpc) is 2.18. The first-order valence-electron chi connectivity index (χ1n) is 4.14. The van der Waals surface area contributed by atoms with E-state index in [9.17, 15) is 8.78 Å². The first-order valence-corrected chi connectivity index (χ1v) is 4.67. The van der Waals surface area contributed by atoms with Crippen LogP contribution in [0.15, 0.2) is 30.4 Å². The predicted octanol–water partition coefficient (Wildman–Crippen LogP) is 3.17. The maximum Gasteiger partial charge on any atom is 0.146 e. The Morgan fingerprint density at radius 1 is 1.29 bits per heavy atom. The summed E-state index contributed by atoms with van der Waals surface area (Å²) >= 11 is 5.39. The van der Waals surface area contributed by atoms with Crippen molar-refractivity contribution in [3.8, 4) is 0 Å². The van der Waals surface area contributed by atoms with Crippen molar-refractivity contribution in [3.05, 3.63) is 42.0 Å². The van der Waals surface area contributed by atoms with Crippen LogP contribution in [0.3, 0.4) is 0 Å². The van der Waals surface area contributed by atoms with Gasteiger partial charge in [0.05, 0.1) is 5.69 Å². The fourth-order valence-corrected chi connectivity index (χ4v) is 1.07. The minimum Gasteiger partial charge on any atom is -0.379 e. The molecule has 1 N–H and O–H groups in total. The lowest BCUT2D eigenvalue weighted by atomic mass is 10.3. The molecule has 0 radical (unpaired) electrons. The Balaban J connectivity index is 2.57. The molecule has 4 heteroatoms. The molecule has 0 atom stereocenters. The molecular weight excluding hydrogens is 208 g/mol. The van der Waals surface area contributed by atoms with Gasteiger partial charge in [0.2, 0.25) is 0 Å². The largest absolute Gasteiger partial charge is 0.379 e. The van der Waals surface area contributed by atoms with Crippen LogP contribution in [0, 0.1) is 11.6 Å². The summed E-state index contributed by atoms with van der Waals surface area (Å²) < 4.78 is 25.7. The lowest BCUT2D eigenvalue weighted by Crippen LogP contribution is -2.01. The molecule has 0 saturated carbocycles. The number of allylic oxidation sites excluding steroid dienone is 1. The normalized spacial score (nSPS) is 10.8. The van der Waals surface area contributed by atoms with Crippen LogP contribution in [0.5, 0.6) is 0 Å². The van der Waals surface area contributed by atoms with Crippen molar-refractivity contribution in [2.75, 3.05) is 17.7 Å². The van der Waals surface area contributed by atoms with Crippen LogP contribution in [-0.2, 0) is 0 Å². The zero-order valence-corrected chi connectivity index (χ0v) is 8.19. The van der Waals surface area contributed by atoms with E-state index in [0.29, 0.717) is 12.4 Å². The van der Waals surface area contributed by atoms with E-state index in [0.717, 1.165) is 18.2 Å². The van der Waals surface area contributed by atoms with Gasteiger partial charge in [-0.2, -0.15) is 0 Å². The van der Waals surface area contributed by atoms with E-state index in [1.165, 1.54) is 0 Å². The van der Waals surface area contributed by atoms with E-state index in [-0.39, 0.29) is 5.69 Å². The van der Waals surface area contributed by atoms with Crippen molar-refractivity contribution in [2.24, 2.45) is 0 Å². The van der Waals surface area contributed by atoms with E-state index < -0.39 is 11.6 Å². The molecule has 0 heterocycles. The maximum atomic E-state index is 13.0. The molecule has 0 saturated heterocycles. The van der Waals surface area contributed by atoms with E-state index >= 15 is 0 Å². The Labute approximate surface area is 86.4 Å². The van der Waals surface area contributed by atoms with Crippen LogP contribution in [-0.4, -0.2) is 12.4 Å². The zero-order chi connectivity index (χ0) is 10.4. The van der Waals surface area contributed by atoms with Crippen molar-refractivity contribution in [1.29, 1.82) is 0 Å². The highest BCUT2D eigenvalue weighted by molar-refractivity contribution is 6.18. The Morgan fingerprint density at radius 3 is 2.79 bits per heavy atom. The smallest absolute Gasteiger partial charge is 0.146 e. The number of alkyl halides is 1. The van der Waals surface area contributed by atoms with E-state index in [2.05, 4.69) is 5.32 Å². The molecule has 1 nitrogen and oxygen atoms in total. The Kier molecular flexibility index (Phi) is 4.40. The third-order valence-corrected chi connectivity index (χ3v) is 1.77. The third-order valence-electron chi connectivity index (χ3n) is 1.59. The molecule has 0 amide bonds. The lowest BCUT2D eigenvalue weighted by Gasteiger charge is -2.04. The Bertz CT molecular complexity index is 326. The summed E-state index contributed by atoms with van der Waals surface area (Å²) in [4.78, 5) is 0. The maximum absolute atomic E-state index is 13.0. The second kappa shape index (κ2) is 5.60. The number of anilines is 1. The molecule has 14 heavy (non-hydrogen) atoms. The van der Waals surface area contributed by atoms with E-state index in [1.807, 2.05) is 0 Å². The van der Waals surface area contributed by atoms with Crippen LogP contribution < -0.4 is 5.32 Å². The van der Waals surface area contributed by atoms with Crippen molar-refractivity contribution in [3.63, 3.8) is 0 Å². The van der Waals surface area contributed by atoms with Gasteiger partial charge in [0, 0.05) is 12.4 Å². The quantitative estimate of drug-likeness (QED) is 0.604. The number of hydrogen-bond acceptors (Lipinski definition) is 1. The first-order chi connectivity index (χ1) is 6.74. The van der Waals surface area contributed by atoms with Crippen molar-refractivity contribution in [2.45, 2.75) is 0 Å². The lowest BCUT2D eigenvalue weighted by molar-refractivity contribution is 0.603. The summed E-state index contributed by atoms with van der Waals surface area (Å²) in [7, 11) is 0. The summed E-state index contributed by atoms with van der Waals surface area (Å²) in [5.74, 6) is -0.520. The molecule has 0 bridgehead atoms. The second-order valence-electron chi connectivity index (χ2n) is 2.63. The van der Waals surface area contributed by atoms with Gasteiger partial charge in [-0.1, -0.05) is 12.2 Å². The summed E-state index contributed by atoms with van der Waals surface area (Å²) in [6, 6.07) is 3.28. The van der Waals surface area contributed by atoms with Gasteiger partial charge in [-0.15, -0.1) is 11.6 Å². The summed E-state index contributed by atoms with van der Waals surface area (Å²) in [5, 5.41) is 2.73. The van der Waals surface area contributed by atoms with Crippen LogP contribution >= 0.6 is 11.6 Å². The molecule has 0 fully saturated rings. The van der Waals surface area contributed by atoms with E-state index in [4.69, 9.17) is 11.6 Å². The second-order valence-corrected chi connectivity index (χ2v) is 2.94. The van der Waals surface area contributed by atoms with Crippen LogP contribution in [0.25, 0.3) is 0 Å². The fourth-order valence-electron chi connectivity index (χ4n) is 0.948. The highest BCUT2D eigenvalue weighted by Crippen LogP contribution is 2.14. The van der Waals surface area contributed by atoms with Crippen LogP contribution in [0.1, 0.15) is 0 Å². The number of halogens is 3. The number of benzene rings is 1. The summed E-state index contributed by atoms with van der Waals surface area (Å²) in [6.07, 6.45) is 3.48. The van der Waals surface area contributed by atoms with Gasteiger partial charge >= 0.3 is 0 Å². The highest BCUT2D eigenvalue weighted by atomic mass is 35.5. The van der Waals surface area contributed by atoms with Gasteiger partial charge in [0.1, 0.15) is 11.6 Å². The van der Waals surface area contributed by atoms with Crippen molar-refractivity contribution < 1.29 is 8.78 Å². The SMILES string of the molecule is Fc1ccc(F)c(NC/C=C/CCl)c1. The Morgan fingerprint density at radius 2 is 2.07 bits per heavy atom. The molecule has 0 aromatic heterocycles. The van der Waals surface area contributed by atoms with Gasteiger partial charge < -0.3 is 5.32 Å². The molecule has 76 valence electrons. The third kappa shape index (κ3) is 3.34. The highest BCUT2D eigenvalue weighted by Gasteiger charge is 2.01. The molecular formula is C10H10ClF2N. The van der Waals surface area contributed by atoms with Gasteiger partial charge in [-0.3, -0.25) is 0 Å². The van der Waals surface area contributed by atoms with Gasteiger partial charge in [0.15, 0.2) is 0 Å². The Hall–Kier alpha value is -1.09. The van der Waals surface area contributed by atoms with Gasteiger partial charge in [-0.05, 0) is 18.2 Å². The van der Waals surface area contributed by atoms with Crippen molar-refractivity contribution in [1.82, 2.24) is 0 Å². The first kappa shape index (κ1) is 11.0. The van der Waals surface area contributed by atoms with Gasteiger partial charge in [0.25, 0.3) is 0 Å². The summed E-state index contributed by atoms with van der Waals surface area (Å²) in [6.45, 7) is 0.424. The predicted molar refractivity (Wildman–Crippen MR) is 54.7 cm³/mol. The molecule has 1 aromatic rings. The number of hydrogen-bond donors (Lipinski definition) is 1. The standard InChI is InChI=1S/C10H10ClF2N/c11-5-1-2-6-14-10-7-8(12)3-4-9(10)13/h1-4,7,14H,5-6H2/b2-1+. The van der Waals surface area contributed by atoms with Crippen LogP contribution in [0.4, 0.5) is 14.5 Å². The fraction of sp³-hybridized carbons (Fsp3) is 0.200. The topological polar surface area (TPSA) is 12.0 Å². The number of rotatable bonds is 4. The molecule has 0 spiro atoms. The summed E-state index contributed by atoms with van der Waals surface area (Å²) in [5.41, 5.74) is 0.157. The molecule has 1 aromatic carbocycles. The molecule has 0 aliphatic carbocycles. The van der Waals surface area contributed by atoms with E-state index in [1.54, 1.807) is 12.2 Å². The molecule has 0 aliphatic heterocycles. The van der Waals surface area contributed by atoms with Gasteiger partial charge in [-0.25, -0.2) is 8.78 Å².